The molecule has 0 saturated carbocycles. The van der Waals surface area contributed by atoms with Gasteiger partial charge in [-0.05, 0) is 37.3 Å². The van der Waals surface area contributed by atoms with Crippen molar-refractivity contribution in [3.05, 3.63) is 47.5 Å². The maximum absolute atomic E-state index is 12.8. The maximum atomic E-state index is 12.8. The summed E-state index contributed by atoms with van der Waals surface area (Å²) in [5, 5.41) is 9.79. The molecule has 0 radical (unpaired) electrons. The van der Waals surface area contributed by atoms with Gasteiger partial charge in [-0.1, -0.05) is 6.07 Å². The van der Waals surface area contributed by atoms with Gasteiger partial charge < -0.3 is 15.7 Å². The Morgan fingerprint density at radius 2 is 2.14 bits per heavy atom. The fourth-order valence-corrected chi connectivity index (χ4v) is 3.42. The molecule has 0 saturated heterocycles. The number of benzene rings is 2. The Balaban J connectivity index is 2.04. The molecule has 0 fully saturated rings. The van der Waals surface area contributed by atoms with Gasteiger partial charge in [0.1, 0.15) is 5.75 Å². The van der Waals surface area contributed by atoms with Crippen LogP contribution < -0.4 is 10.6 Å². The molecule has 1 aliphatic heterocycles. The van der Waals surface area contributed by atoms with E-state index in [0.717, 1.165) is 16.3 Å². The molecule has 3 rings (SSSR count). The number of phenols is 1. The average Bonchev–Trinajstić information content (AvgIpc) is 2.48. The van der Waals surface area contributed by atoms with Crippen molar-refractivity contribution in [2.24, 2.45) is 0 Å². The Kier molecular flexibility index (Phi) is 3.51. The van der Waals surface area contributed by atoms with Crippen molar-refractivity contribution >= 4 is 29.0 Å². The van der Waals surface area contributed by atoms with Crippen LogP contribution in [0.25, 0.3) is 0 Å². The second-order valence-corrected chi connectivity index (χ2v) is 6.12. The Labute approximate surface area is 127 Å². The van der Waals surface area contributed by atoms with Crippen molar-refractivity contribution < 1.29 is 9.90 Å². The first-order valence-electron chi connectivity index (χ1n) is 6.70. The predicted octanol–water partition coefficient (Wildman–Crippen LogP) is 3.04. The summed E-state index contributed by atoms with van der Waals surface area (Å²) in [6, 6.07) is 10.6. The molecule has 4 nitrogen and oxygen atoms in total. The second kappa shape index (κ2) is 5.33. The third-order valence-corrected chi connectivity index (χ3v) is 4.67. The van der Waals surface area contributed by atoms with Crippen molar-refractivity contribution in [3.63, 3.8) is 0 Å². The summed E-state index contributed by atoms with van der Waals surface area (Å²) < 4.78 is 0. The van der Waals surface area contributed by atoms with Gasteiger partial charge in [0.05, 0.1) is 5.69 Å². The zero-order chi connectivity index (χ0) is 15.0. The highest BCUT2D eigenvalue weighted by Gasteiger charge is 2.25. The van der Waals surface area contributed by atoms with Crippen LogP contribution in [0.4, 0.5) is 11.4 Å². The SMILES string of the molecule is Cc1c(O)cccc1C(=O)N1CCSc2ccc(N)cc21. The van der Waals surface area contributed by atoms with Gasteiger partial charge in [0.15, 0.2) is 0 Å². The van der Waals surface area contributed by atoms with Crippen LogP contribution in [0.5, 0.6) is 5.75 Å². The number of hydrogen-bond donors (Lipinski definition) is 2. The van der Waals surface area contributed by atoms with Gasteiger partial charge in [0.25, 0.3) is 5.91 Å². The van der Waals surface area contributed by atoms with E-state index >= 15 is 0 Å². The normalized spacial score (nSPS) is 13.9. The van der Waals surface area contributed by atoms with E-state index in [4.69, 9.17) is 5.73 Å². The Hall–Kier alpha value is -2.14. The summed E-state index contributed by atoms with van der Waals surface area (Å²) >= 11 is 1.72. The minimum absolute atomic E-state index is 0.101. The van der Waals surface area contributed by atoms with E-state index < -0.39 is 0 Å². The van der Waals surface area contributed by atoms with E-state index in [1.165, 1.54) is 0 Å². The molecule has 108 valence electrons. The highest BCUT2D eigenvalue weighted by atomic mass is 32.2. The predicted molar refractivity (Wildman–Crippen MR) is 86.1 cm³/mol. The number of aromatic hydroxyl groups is 1. The fourth-order valence-electron chi connectivity index (χ4n) is 2.45. The average molecular weight is 300 g/mol. The second-order valence-electron chi connectivity index (χ2n) is 4.98. The molecule has 1 aliphatic rings. The Morgan fingerprint density at radius 1 is 1.33 bits per heavy atom. The fraction of sp³-hybridized carbons (Fsp3) is 0.188. The van der Waals surface area contributed by atoms with Crippen LogP contribution in [-0.4, -0.2) is 23.3 Å². The molecule has 2 aromatic carbocycles. The number of carbonyl (C=O) groups is 1. The number of anilines is 2. The van der Waals surface area contributed by atoms with Crippen LogP contribution in [0.3, 0.4) is 0 Å². The molecule has 21 heavy (non-hydrogen) atoms. The van der Waals surface area contributed by atoms with Crippen LogP contribution >= 0.6 is 11.8 Å². The van der Waals surface area contributed by atoms with Crippen molar-refractivity contribution in [3.8, 4) is 5.75 Å². The van der Waals surface area contributed by atoms with Gasteiger partial charge in [-0.25, -0.2) is 0 Å². The van der Waals surface area contributed by atoms with Crippen molar-refractivity contribution in [2.45, 2.75) is 11.8 Å². The van der Waals surface area contributed by atoms with Crippen LogP contribution in [0.2, 0.25) is 0 Å². The number of hydrogen-bond acceptors (Lipinski definition) is 4. The van der Waals surface area contributed by atoms with Gasteiger partial charge in [0, 0.05) is 34.0 Å². The van der Waals surface area contributed by atoms with E-state index in [0.29, 0.717) is 23.4 Å². The molecular weight excluding hydrogens is 284 g/mol. The zero-order valence-corrected chi connectivity index (χ0v) is 12.5. The highest BCUT2D eigenvalue weighted by molar-refractivity contribution is 7.99. The lowest BCUT2D eigenvalue weighted by Gasteiger charge is -2.29. The van der Waals surface area contributed by atoms with E-state index in [2.05, 4.69) is 0 Å². The molecule has 0 atom stereocenters. The number of phenolic OH excluding ortho intramolecular Hbond substituents is 1. The minimum atomic E-state index is -0.101. The van der Waals surface area contributed by atoms with Gasteiger partial charge in [-0.15, -0.1) is 11.8 Å². The molecule has 2 aromatic rings. The van der Waals surface area contributed by atoms with Crippen LogP contribution in [-0.2, 0) is 0 Å². The van der Waals surface area contributed by atoms with Crippen LogP contribution in [0, 0.1) is 6.92 Å². The van der Waals surface area contributed by atoms with E-state index in [1.807, 2.05) is 18.2 Å². The number of amides is 1. The first kappa shape index (κ1) is 13.8. The van der Waals surface area contributed by atoms with E-state index in [-0.39, 0.29) is 11.7 Å². The van der Waals surface area contributed by atoms with Crippen molar-refractivity contribution in [2.75, 3.05) is 22.9 Å². The Morgan fingerprint density at radius 3 is 2.95 bits per heavy atom. The number of carbonyl (C=O) groups excluding carboxylic acids is 1. The monoisotopic (exact) mass is 300 g/mol. The highest BCUT2D eigenvalue weighted by Crippen LogP contribution is 2.37. The zero-order valence-electron chi connectivity index (χ0n) is 11.7. The molecule has 1 amide bonds. The van der Waals surface area contributed by atoms with Gasteiger partial charge in [-0.3, -0.25) is 4.79 Å². The molecule has 0 bridgehead atoms. The van der Waals surface area contributed by atoms with E-state index in [1.54, 1.807) is 41.8 Å². The molecule has 1 heterocycles. The topological polar surface area (TPSA) is 66.6 Å². The lowest BCUT2D eigenvalue weighted by Crippen LogP contribution is -2.35. The summed E-state index contributed by atoms with van der Waals surface area (Å²) in [6.07, 6.45) is 0. The number of thioether (sulfide) groups is 1. The number of nitrogens with zero attached hydrogens (tertiary/aromatic N) is 1. The standard InChI is InChI=1S/C16H16N2O2S/c1-10-12(3-2-4-14(10)19)16(20)18-7-8-21-15-6-5-11(17)9-13(15)18/h2-6,9,19H,7-8,17H2,1H3. The molecule has 3 N–H and O–H groups in total. The molecule has 0 unspecified atom stereocenters. The van der Waals surface area contributed by atoms with Gasteiger partial charge in [0.2, 0.25) is 0 Å². The molecule has 5 heteroatoms. The molecule has 0 aromatic heterocycles. The van der Waals surface area contributed by atoms with Gasteiger partial charge in [-0.2, -0.15) is 0 Å². The summed E-state index contributed by atoms with van der Waals surface area (Å²) in [6.45, 7) is 2.39. The quantitative estimate of drug-likeness (QED) is 0.794. The summed E-state index contributed by atoms with van der Waals surface area (Å²) in [5.41, 5.74) is 8.46. The third kappa shape index (κ3) is 2.45. The first-order chi connectivity index (χ1) is 10.1. The summed E-state index contributed by atoms with van der Waals surface area (Å²) in [5.74, 6) is 0.885. The number of nitrogen functional groups attached to an aromatic ring is 1. The molecule has 0 spiro atoms. The lowest BCUT2D eigenvalue weighted by molar-refractivity contribution is 0.0986. The third-order valence-electron chi connectivity index (χ3n) is 3.63. The smallest absolute Gasteiger partial charge is 0.258 e. The van der Waals surface area contributed by atoms with Crippen LogP contribution in [0.15, 0.2) is 41.3 Å². The maximum Gasteiger partial charge on any atom is 0.258 e. The summed E-state index contributed by atoms with van der Waals surface area (Å²) in [7, 11) is 0. The molecular formula is C16H16N2O2S. The van der Waals surface area contributed by atoms with E-state index in [9.17, 15) is 9.90 Å². The van der Waals surface area contributed by atoms with Gasteiger partial charge >= 0.3 is 0 Å². The van der Waals surface area contributed by atoms with Crippen molar-refractivity contribution in [1.82, 2.24) is 0 Å². The lowest BCUT2D eigenvalue weighted by atomic mass is 10.1. The first-order valence-corrected chi connectivity index (χ1v) is 7.69. The number of nitrogens with two attached hydrogens (primary N) is 1. The largest absolute Gasteiger partial charge is 0.508 e. The van der Waals surface area contributed by atoms with Crippen LogP contribution in [0.1, 0.15) is 15.9 Å². The molecule has 0 aliphatic carbocycles. The minimum Gasteiger partial charge on any atom is -0.508 e. The number of fused-ring (bicyclic) bond motifs is 1. The number of rotatable bonds is 1. The Bertz CT molecular complexity index is 715. The summed E-state index contributed by atoms with van der Waals surface area (Å²) in [4.78, 5) is 15.6. The van der Waals surface area contributed by atoms with Crippen molar-refractivity contribution in [1.29, 1.82) is 0 Å².